The lowest BCUT2D eigenvalue weighted by Crippen LogP contribution is -2.56. The third-order valence-electron chi connectivity index (χ3n) is 4.67. The Morgan fingerprint density at radius 2 is 1.81 bits per heavy atom. The number of ether oxygens (including phenoxy) is 5. The van der Waals surface area contributed by atoms with Crippen LogP contribution in [0.15, 0.2) is 54.6 Å². The molecule has 8 nitrogen and oxygen atoms in total. The summed E-state index contributed by atoms with van der Waals surface area (Å²) in [6, 6.07) is 15.1. The second kappa shape index (κ2) is 11.8. The summed E-state index contributed by atoms with van der Waals surface area (Å²) in [5.74, 6) is -0.658. The number of hydrogen-bond acceptors (Lipinski definition) is 8. The second-order valence-corrected chi connectivity index (χ2v) is 7.56. The van der Waals surface area contributed by atoms with Crippen molar-refractivity contribution in [3.05, 3.63) is 70.7 Å². The monoisotopic (exact) mass is 464 g/mol. The maximum absolute atomic E-state index is 12.5. The van der Waals surface area contributed by atoms with Crippen LogP contribution in [0.1, 0.15) is 29.3 Å². The molecule has 1 aliphatic heterocycles. The van der Waals surface area contributed by atoms with E-state index >= 15 is 0 Å². The van der Waals surface area contributed by atoms with Crippen molar-refractivity contribution in [1.82, 2.24) is 0 Å². The number of hydrogen-bond donors (Lipinski definition) is 1. The fourth-order valence-corrected chi connectivity index (χ4v) is 3.13. The Morgan fingerprint density at radius 1 is 1.09 bits per heavy atom. The van der Waals surface area contributed by atoms with Gasteiger partial charge >= 0.3 is 12.1 Å². The Bertz CT molecular complexity index is 873. The number of carbonyl (C=O) groups is 2. The molecular formula is C23H25ClO8. The first-order chi connectivity index (χ1) is 15.5. The Labute approximate surface area is 190 Å². The Hall–Kier alpha value is -2.65. The average molecular weight is 465 g/mol. The van der Waals surface area contributed by atoms with Gasteiger partial charge in [0.1, 0.15) is 12.7 Å². The van der Waals surface area contributed by atoms with Gasteiger partial charge in [0.05, 0.1) is 12.2 Å². The van der Waals surface area contributed by atoms with Crippen molar-refractivity contribution >= 4 is 23.7 Å². The van der Waals surface area contributed by atoms with Gasteiger partial charge in [0.2, 0.25) is 0 Å². The van der Waals surface area contributed by atoms with Gasteiger partial charge in [-0.3, -0.25) is 0 Å². The molecule has 172 valence electrons. The van der Waals surface area contributed by atoms with Crippen LogP contribution in [0.5, 0.6) is 0 Å². The van der Waals surface area contributed by atoms with Crippen LogP contribution in [-0.2, 0) is 30.3 Å². The molecule has 1 aliphatic rings. The Balaban J connectivity index is 1.61. The molecule has 0 aliphatic carbocycles. The molecule has 0 spiro atoms. The summed E-state index contributed by atoms with van der Waals surface area (Å²) in [4.78, 5) is 24.6. The highest BCUT2D eigenvalue weighted by Crippen LogP contribution is 2.24. The molecule has 9 heteroatoms. The first-order valence-corrected chi connectivity index (χ1v) is 10.6. The standard InChI is InChI=1S/C23H25ClO8/c1-2-12-28-22-20(32-21(26)16-6-4-3-5-7-16)19(25)18(14-29-22)31-23(27)30-13-15-8-10-17(24)11-9-15/h3-11,18-20,22,25H,2,12-14H2,1H3/t18-,19+,20-,22-/m1/s1. The normalized spacial score (nSPS) is 22.7. The highest BCUT2D eigenvalue weighted by atomic mass is 35.5. The van der Waals surface area contributed by atoms with Crippen molar-refractivity contribution < 1.29 is 38.4 Å². The summed E-state index contributed by atoms with van der Waals surface area (Å²) in [5.41, 5.74) is 1.02. The van der Waals surface area contributed by atoms with Crippen LogP contribution in [0.4, 0.5) is 4.79 Å². The maximum Gasteiger partial charge on any atom is 0.509 e. The van der Waals surface area contributed by atoms with E-state index in [9.17, 15) is 14.7 Å². The molecular weight excluding hydrogens is 440 g/mol. The minimum absolute atomic E-state index is 0.0334. The number of esters is 1. The van der Waals surface area contributed by atoms with Gasteiger partial charge < -0.3 is 28.8 Å². The minimum atomic E-state index is -1.37. The molecule has 1 saturated heterocycles. The van der Waals surface area contributed by atoms with Gasteiger partial charge in [-0.1, -0.05) is 48.9 Å². The number of benzene rings is 2. The predicted molar refractivity (Wildman–Crippen MR) is 114 cm³/mol. The molecule has 2 aromatic carbocycles. The number of aliphatic hydroxyl groups excluding tert-OH is 1. The van der Waals surface area contributed by atoms with Gasteiger partial charge in [0.25, 0.3) is 0 Å². The molecule has 0 saturated carbocycles. The van der Waals surface area contributed by atoms with Gasteiger partial charge in [-0.15, -0.1) is 0 Å². The molecule has 0 radical (unpaired) electrons. The molecule has 1 heterocycles. The SMILES string of the molecule is CCCO[C@@H]1OC[C@@H](OC(=O)OCc2ccc(Cl)cc2)[C@H](O)[C@H]1OC(=O)c1ccccc1. The van der Waals surface area contributed by atoms with E-state index in [2.05, 4.69) is 0 Å². The fraction of sp³-hybridized carbons (Fsp3) is 0.391. The largest absolute Gasteiger partial charge is 0.509 e. The topological polar surface area (TPSA) is 101 Å². The molecule has 1 fully saturated rings. The highest BCUT2D eigenvalue weighted by molar-refractivity contribution is 6.30. The molecule has 0 amide bonds. The van der Waals surface area contributed by atoms with Crippen molar-refractivity contribution in [2.45, 2.75) is 44.6 Å². The van der Waals surface area contributed by atoms with E-state index in [1.165, 1.54) is 0 Å². The Morgan fingerprint density at radius 3 is 2.50 bits per heavy atom. The van der Waals surface area contributed by atoms with Gasteiger partial charge in [0.15, 0.2) is 18.5 Å². The van der Waals surface area contributed by atoms with E-state index in [0.717, 1.165) is 5.56 Å². The molecule has 32 heavy (non-hydrogen) atoms. The molecule has 3 rings (SSSR count). The second-order valence-electron chi connectivity index (χ2n) is 7.12. The van der Waals surface area contributed by atoms with Gasteiger partial charge in [-0.25, -0.2) is 9.59 Å². The van der Waals surface area contributed by atoms with Crippen LogP contribution in [0.3, 0.4) is 0 Å². The van der Waals surface area contributed by atoms with Crippen LogP contribution in [-0.4, -0.2) is 55.0 Å². The molecule has 0 unspecified atom stereocenters. The van der Waals surface area contributed by atoms with Crippen molar-refractivity contribution in [3.63, 3.8) is 0 Å². The third-order valence-corrected chi connectivity index (χ3v) is 4.92. The van der Waals surface area contributed by atoms with Gasteiger partial charge in [0, 0.05) is 11.6 Å². The number of rotatable bonds is 8. The van der Waals surface area contributed by atoms with E-state index in [4.69, 9.17) is 35.3 Å². The molecule has 2 aromatic rings. The quantitative estimate of drug-likeness (QED) is 0.590. The van der Waals surface area contributed by atoms with Gasteiger partial charge in [-0.2, -0.15) is 0 Å². The summed E-state index contributed by atoms with van der Waals surface area (Å²) in [5, 5.41) is 11.3. The van der Waals surface area contributed by atoms with Crippen LogP contribution in [0, 0.1) is 0 Å². The molecule has 0 aromatic heterocycles. The zero-order valence-corrected chi connectivity index (χ0v) is 18.3. The van der Waals surface area contributed by atoms with E-state index < -0.39 is 36.7 Å². The lowest BCUT2D eigenvalue weighted by Gasteiger charge is -2.38. The van der Waals surface area contributed by atoms with E-state index in [1.807, 2.05) is 6.92 Å². The number of halogens is 1. The van der Waals surface area contributed by atoms with Crippen LogP contribution in [0.2, 0.25) is 5.02 Å². The zero-order valence-electron chi connectivity index (χ0n) is 17.5. The van der Waals surface area contributed by atoms with Crippen molar-refractivity contribution in [3.8, 4) is 0 Å². The summed E-state index contributed by atoms with van der Waals surface area (Å²) in [6.07, 6.45) is -4.97. The highest BCUT2D eigenvalue weighted by Gasteiger charge is 2.45. The first-order valence-electron chi connectivity index (χ1n) is 10.2. The third kappa shape index (κ3) is 6.67. The summed E-state index contributed by atoms with van der Waals surface area (Å²) < 4.78 is 26.9. The smallest absolute Gasteiger partial charge is 0.450 e. The van der Waals surface area contributed by atoms with Gasteiger partial charge in [-0.05, 0) is 36.2 Å². The van der Waals surface area contributed by atoms with Crippen LogP contribution in [0.25, 0.3) is 0 Å². The van der Waals surface area contributed by atoms with Crippen molar-refractivity contribution in [2.75, 3.05) is 13.2 Å². The van der Waals surface area contributed by atoms with Crippen LogP contribution >= 0.6 is 11.6 Å². The summed E-state index contributed by atoms with van der Waals surface area (Å²) in [6.45, 7) is 2.07. The first kappa shape index (κ1) is 24.0. The maximum atomic E-state index is 12.5. The number of carbonyl (C=O) groups excluding carboxylic acids is 2. The Kier molecular flexibility index (Phi) is 8.87. The zero-order chi connectivity index (χ0) is 22.9. The van der Waals surface area contributed by atoms with Crippen molar-refractivity contribution in [2.24, 2.45) is 0 Å². The number of aliphatic hydroxyl groups is 1. The van der Waals surface area contributed by atoms with E-state index in [-0.39, 0.29) is 13.2 Å². The molecule has 1 N–H and O–H groups in total. The molecule has 0 bridgehead atoms. The fourth-order valence-electron chi connectivity index (χ4n) is 3.01. The van der Waals surface area contributed by atoms with E-state index in [0.29, 0.717) is 23.6 Å². The minimum Gasteiger partial charge on any atom is -0.450 e. The molecule has 4 atom stereocenters. The van der Waals surface area contributed by atoms with Crippen molar-refractivity contribution in [1.29, 1.82) is 0 Å². The summed E-state index contributed by atoms with van der Waals surface area (Å²) >= 11 is 5.83. The lowest BCUT2D eigenvalue weighted by molar-refractivity contribution is -0.270. The van der Waals surface area contributed by atoms with E-state index in [1.54, 1.807) is 54.6 Å². The predicted octanol–water partition coefficient (Wildman–Crippen LogP) is 3.73. The average Bonchev–Trinajstić information content (AvgIpc) is 2.81. The summed E-state index contributed by atoms with van der Waals surface area (Å²) in [7, 11) is 0. The lowest BCUT2D eigenvalue weighted by atomic mass is 10.0. The van der Waals surface area contributed by atoms with Crippen LogP contribution < -0.4 is 0 Å².